The summed E-state index contributed by atoms with van der Waals surface area (Å²) in [6, 6.07) is 12.5. The van der Waals surface area contributed by atoms with Crippen LogP contribution in [0.4, 0.5) is 0 Å². The Kier molecular flexibility index (Phi) is 5.98. The summed E-state index contributed by atoms with van der Waals surface area (Å²) in [6.07, 6.45) is 3.83. The summed E-state index contributed by atoms with van der Waals surface area (Å²) in [5.74, 6) is 0.587. The highest BCUT2D eigenvalue weighted by atomic mass is 32.2. The molecular weight excluding hydrogens is 466 g/mol. The van der Waals surface area contributed by atoms with E-state index in [2.05, 4.69) is 15.4 Å². The molecule has 0 radical (unpaired) electrons. The molecule has 0 bridgehead atoms. The number of aryl methyl sites for hydroxylation is 1. The lowest BCUT2D eigenvalue weighted by Gasteiger charge is -2.13. The van der Waals surface area contributed by atoms with Crippen molar-refractivity contribution < 1.29 is 17.9 Å². The minimum Gasteiger partial charge on any atom is -0.497 e. The lowest BCUT2D eigenvalue weighted by atomic mass is 10.0. The Balaban J connectivity index is 1.61. The van der Waals surface area contributed by atoms with E-state index >= 15 is 0 Å². The number of benzene rings is 1. The first-order valence-electron chi connectivity index (χ1n) is 11.3. The molecule has 1 aliphatic rings. The third kappa shape index (κ3) is 4.61. The first-order valence-corrected chi connectivity index (χ1v) is 13.1. The highest BCUT2D eigenvalue weighted by molar-refractivity contribution is 7.91. The van der Waals surface area contributed by atoms with Crippen LogP contribution in [0.3, 0.4) is 0 Å². The van der Waals surface area contributed by atoms with Gasteiger partial charge in [-0.25, -0.2) is 18.1 Å². The molecule has 1 aromatic carbocycles. The fraction of sp³-hybridized carbons (Fsp3) is 0.280. The van der Waals surface area contributed by atoms with Crippen LogP contribution in [-0.4, -0.2) is 52.7 Å². The van der Waals surface area contributed by atoms with Crippen LogP contribution in [0.25, 0.3) is 22.3 Å². The van der Waals surface area contributed by atoms with Crippen LogP contribution >= 0.6 is 0 Å². The molecule has 9 nitrogen and oxygen atoms in total. The molecule has 1 fully saturated rings. The first-order chi connectivity index (χ1) is 16.8. The second kappa shape index (κ2) is 9.10. The maximum absolute atomic E-state index is 13.4. The Morgan fingerprint density at radius 3 is 2.57 bits per heavy atom. The number of pyridine rings is 2. The predicted octanol–water partition coefficient (Wildman–Crippen LogP) is 3.10. The Morgan fingerprint density at radius 2 is 1.91 bits per heavy atom. The molecule has 1 atom stereocenters. The molecule has 1 aliphatic heterocycles. The number of sulfone groups is 1. The number of ether oxygens (including phenoxy) is 1. The van der Waals surface area contributed by atoms with E-state index in [0.717, 1.165) is 11.1 Å². The van der Waals surface area contributed by atoms with E-state index in [-0.39, 0.29) is 23.5 Å². The molecule has 3 aromatic heterocycles. The SMILES string of the molecule is COc1ccc(-c2cc(C(=O)NCc3ccncc3)c3c(C)nn(C4CCS(=O)(=O)C4)c3n2)cc1. The number of hydrogen-bond donors (Lipinski definition) is 1. The molecule has 0 spiro atoms. The second-order valence-electron chi connectivity index (χ2n) is 8.61. The molecule has 4 aromatic rings. The van der Waals surface area contributed by atoms with E-state index in [1.165, 1.54) is 0 Å². The number of hydrogen-bond acceptors (Lipinski definition) is 7. The summed E-state index contributed by atoms with van der Waals surface area (Å²) in [4.78, 5) is 22.3. The van der Waals surface area contributed by atoms with Gasteiger partial charge in [0.1, 0.15) is 5.75 Å². The number of methoxy groups -OCH3 is 1. The lowest BCUT2D eigenvalue weighted by molar-refractivity contribution is 0.0952. The van der Waals surface area contributed by atoms with E-state index < -0.39 is 9.84 Å². The normalized spacial score (nSPS) is 16.9. The predicted molar refractivity (Wildman–Crippen MR) is 132 cm³/mol. The molecule has 1 unspecified atom stereocenters. The highest BCUT2D eigenvalue weighted by Gasteiger charge is 2.32. The van der Waals surface area contributed by atoms with Crippen molar-refractivity contribution in [3.8, 4) is 17.0 Å². The molecule has 1 N–H and O–H groups in total. The fourth-order valence-electron chi connectivity index (χ4n) is 4.40. The molecule has 0 saturated carbocycles. The standard InChI is InChI=1S/C25H25N5O4S/c1-16-23-21(25(31)27-14-17-7-10-26-11-8-17)13-22(18-3-5-20(34-2)6-4-18)28-24(23)30(29-16)19-9-12-35(32,33)15-19/h3-8,10-11,13,19H,9,12,14-15H2,1-2H3,(H,27,31). The van der Waals surface area contributed by atoms with Gasteiger partial charge in [0.2, 0.25) is 0 Å². The van der Waals surface area contributed by atoms with Gasteiger partial charge in [0, 0.05) is 24.5 Å². The fourth-order valence-corrected chi connectivity index (χ4v) is 6.09. The van der Waals surface area contributed by atoms with Crippen molar-refractivity contribution in [3.05, 3.63) is 71.7 Å². The van der Waals surface area contributed by atoms with Gasteiger partial charge >= 0.3 is 0 Å². The lowest BCUT2D eigenvalue weighted by Crippen LogP contribution is -2.23. The molecular formula is C25H25N5O4S. The number of rotatable bonds is 6. The van der Waals surface area contributed by atoms with E-state index in [1.807, 2.05) is 43.3 Å². The van der Waals surface area contributed by atoms with Crippen LogP contribution in [0.5, 0.6) is 5.75 Å². The molecule has 180 valence electrons. The number of carbonyl (C=O) groups excluding carboxylic acids is 1. The third-order valence-electron chi connectivity index (χ3n) is 6.22. The van der Waals surface area contributed by atoms with Gasteiger partial charge < -0.3 is 10.1 Å². The van der Waals surface area contributed by atoms with E-state index in [1.54, 1.807) is 30.3 Å². The zero-order chi connectivity index (χ0) is 24.6. The monoisotopic (exact) mass is 491 g/mol. The number of aromatic nitrogens is 4. The van der Waals surface area contributed by atoms with Crippen molar-refractivity contribution in [2.24, 2.45) is 0 Å². The Bertz CT molecular complexity index is 1500. The van der Waals surface area contributed by atoms with Crippen molar-refractivity contribution in [2.45, 2.75) is 25.9 Å². The number of amides is 1. The summed E-state index contributed by atoms with van der Waals surface area (Å²) in [5, 5.41) is 8.24. The van der Waals surface area contributed by atoms with E-state index in [0.29, 0.717) is 46.7 Å². The first kappa shape index (κ1) is 23.0. The van der Waals surface area contributed by atoms with Gasteiger partial charge in [-0.1, -0.05) is 0 Å². The summed E-state index contributed by atoms with van der Waals surface area (Å²) in [6.45, 7) is 2.16. The minimum absolute atomic E-state index is 0.0151. The Morgan fingerprint density at radius 1 is 1.17 bits per heavy atom. The second-order valence-corrected chi connectivity index (χ2v) is 10.8. The number of nitrogens with zero attached hydrogens (tertiary/aromatic N) is 4. The van der Waals surface area contributed by atoms with Gasteiger partial charge in [-0.15, -0.1) is 0 Å². The molecule has 10 heteroatoms. The van der Waals surface area contributed by atoms with Crippen molar-refractivity contribution in [1.82, 2.24) is 25.1 Å². The van der Waals surface area contributed by atoms with Gasteiger partial charge in [0.05, 0.1) is 47.0 Å². The van der Waals surface area contributed by atoms with Gasteiger partial charge in [-0.2, -0.15) is 5.10 Å². The maximum atomic E-state index is 13.4. The van der Waals surface area contributed by atoms with E-state index in [9.17, 15) is 13.2 Å². The van der Waals surface area contributed by atoms with Crippen LogP contribution < -0.4 is 10.1 Å². The van der Waals surface area contributed by atoms with Crippen molar-refractivity contribution in [1.29, 1.82) is 0 Å². The molecule has 1 amide bonds. The quantitative estimate of drug-likeness (QED) is 0.441. The molecule has 5 rings (SSSR count). The zero-order valence-corrected chi connectivity index (χ0v) is 20.2. The average molecular weight is 492 g/mol. The zero-order valence-electron chi connectivity index (χ0n) is 19.4. The average Bonchev–Trinajstić information content (AvgIpc) is 3.41. The summed E-state index contributed by atoms with van der Waals surface area (Å²) >= 11 is 0. The van der Waals surface area contributed by atoms with Crippen LogP contribution in [-0.2, 0) is 16.4 Å². The van der Waals surface area contributed by atoms with Crippen LogP contribution in [0.1, 0.15) is 34.1 Å². The van der Waals surface area contributed by atoms with Crippen molar-refractivity contribution >= 4 is 26.8 Å². The topological polar surface area (TPSA) is 116 Å². The minimum atomic E-state index is -3.13. The largest absolute Gasteiger partial charge is 0.497 e. The van der Waals surface area contributed by atoms with Gasteiger partial charge in [0.15, 0.2) is 15.5 Å². The summed E-state index contributed by atoms with van der Waals surface area (Å²) < 4.78 is 31.3. The van der Waals surface area contributed by atoms with Crippen LogP contribution in [0.2, 0.25) is 0 Å². The summed E-state index contributed by atoms with van der Waals surface area (Å²) in [7, 11) is -1.53. The smallest absolute Gasteiger partial charge is 0.252 e. The number of nitrogens with one attached hydrogen (secondary N) is 1. The van der Waals surface area contributed by atoms with Gasteiger partial charge in [-0.05, 0) is 61.4 Å². The van der Waals surface area contributed by atoms with Crippen molar-refractivity contribution in [3.63, 3.8) is 0 Å². The molecule has 1 saturated heterocycles. The molecule has 35 heavy (non-hydrogen) atoms. The molecule has 0 aliphatic carbocycles. The number of fused-ring (bicyclic) bond motifs is 1. The number of carbonyl (C=O) groups is 1. The van der Waals surface area contributed by atoms with Gasteiger partial charge in [-0.3, -0.25) is 9.78 Å². The van der Waals surface area contributed by atoms with Gasteiger partial charge in [0.25, 0.3) is 5.91 Å². The van der Waals surface area contributed by atoms with Crippen LogP contribution in [0, 0.1) is 6.92 Å². The Labute approximate surface area is 203 Å². The highest BCUT2D eigenvalue weighted by Crippen LogP contribution is 2.32. The summed E-state index contributed by atoms with van der Waals surface area (Å²) in [5.41, 5.74) is 3.91. The Hall–Kier alpha value is -3.79. The van der Waals surface area contributed by atoms with Crippen LogP contribution in [0.15, 0.2) is 54.9 Å². The maximum Gasteiger partial charge on any atom is 0.252 e. The van der Waals surface area contributed by atoms with E-state index in [4.69, 9.17) is 9.72 Å². The third-order valence-corrected chi connectivity index (χ3v) is 7.97. The molecule has 4 heterocycles. The van der Waals surface area contributed by atoms with Crippen molar-refractivity contribution in [2.75, 3.05) is 18.6 Å².